The molecule has 0 saturated heterocycles. The number of nitrogens with two attached hydrogens (primary N) is 1. The van der Waals surface area contributed by atoms with Crippen molar-refractivity contribution in [1.82, 2.24) is 4.57 Å². The molecule has 5 nitrogen and oxygen atoms in total. The van der Waals surface area contributed by atoms with Gasteiger partial charge in [-0.05, 0) is 55.2 Å². The normalized spacial score (nSPS) is 10.9. The highest BCUT2D eigenvalue weighted by atomic mass is 19.1. The average molecular weight is 425 g/mol. The predicted octanol–water partition coefficient (Wildman–Crippen LogP) is 4.91. The number of methoxy groups -OCH3 is 2. The summed E-state index contributed by atoms with van der Waals surface area (Å²) in [5, 5.41) is 0. The summed E-state index contributed by atoms with van der Waals surface area (Å²) in [6, 6.07) is 12.1. The fraction of sp³-hybridized carbons (Fsp3) is 0.320. The molecule has 2 aromatic carbocycles. The molecule has 0 spiro atoms. The lowest BCUT2D eigenvalue weighted by Crippen LogP contribution is -2.14. The Morgan fingerprint density at radius 3 is 2.29 bits per heavy atom. The first-order valence-electron chi connectivity index (χ1n) is 10.4. The predicted molar refractivity (Wildman–Crippen MR) is 120 cm³/mol. The van der Waals surface area contributed by atoms with Crippen LogP contribution >= 0.6 is 0 Å². The van der Waals surface area contributed by atoms with E-state index in [2.05, 4.69) is 11.5 Å². The number of aryl methyl sites for hydroxylation is 1. The van der Waals surface area contributed by atoms with Gasteiger partial charge in [0, 0.05) is 23.5 Å². The molecule has 0 aliphatic rings. The average Bonchev–Trinajstić information content (AvgIpc) is 3.04. The molecule has 2 N–H and O–H groups in total. The Morgan fingerprint density at radius 2 is 1.71 bits per heavy atom. The SMILES string of the molecule is CCCc1c(-c2ccc(F)cc2)c(C(N)=O)c(C)n1CCc1ccc(OC)c(OC)c1. The van der Waals surface area contributed by atoms with Crippen LogP contribution in [0.4, 0.5) is 4.39 Å². The van der Waals surface area contributed by atoms with Crippen molar-refractivity contribution in [2.24, 2.45) is 5.73 Å². The van der Waals surface area contributed by atoms with E-state index in [1.54, 1.807) is 26.4 Å². The lowest BCUT2D eigenvalue weighted by molar-refractivity contribution is 0.1000. The smallest absolute Gasteiger partial charge is 0.251 e. The number of amides is 1. The van der Waals surface area contributed by atoms with Crippen molar-refractivity contribution >= 4 is 5.91 Å². The number of hydrogen-bond acceptors (Lipinski definition) is 3. The Kier molecular flexibility index (Phi) is 7.00. The van der Waals surface area contributed by atoms with Gasteiger partial charge >= 0.3 is 0 Å². The molecule has 0 aliphatic heterocycles. The van der Waals surface area contributed by atoms with Gasteiger partial charge in [0.05, 0.1) is 19.8 Å². The van der Waals surface area contributed by atoms with Crippen molar-refractivity contribution in [3.8, 4) is 22.6 Å². The Labute approximate surface area is 182 Å². The molecule has 0 radical (unpaired) electrons. The van der Waals surface area contributed by atoms with Crippen molar-refractivity contribution in [1.29, 1.82) is 0 Å². The summed E-state index contributed by atoms with van der Waals surface area (Å²) in [7, 11) is 3.23. The zero-order valence-electron chi connectivity index (χ0n) is 18.5. The molecule has 0 unspecified atom stereocenters. The Morgan fingerprint density at radius 1 is 1.03 bits per heavy atom. The van der Waals surface area contributed by atoms with Crippen LogP contribution in [0.3, 0.4) is 0 Å². The van der Waals surface area contributed by atoms with Crippen LogP contribution in [-0.2, 0) is 19.4 Å². The maximum absolute atomic E-state index is 13.5. The van der Waals surface area contributed by atoms with E-state index in [0.29, 0.717) is 23.6 Å². The summed E-state index contributed by atoms with van der Waals surface area (Å²) in [6.45, 7) is 4.69. The molecule has 0 saturated carbocycles. The van der Waals surface area contributed by atoms with Crippen molar-refractivity contribution in [2.75, 3.05) is 14.2 Å². The van der Waals surface area contributed by atoms with E-state index < -0.39 is 5.91 Å². The highest BCUT2D eigenvalue weighted by molar-refractivity contribution is 6.02. The zero-order valence-corrected chi connectivity index (χ0v) is 18.5. The molecule has 3 aromatic rings. The highest BCUT2D eigenvalue weighted by Gasteiger charge is 2.24. The second kappa shape index (κ2) is 9.69. The monoisotopic (exact) mass is 424 g/mol. The van der Waals surface area contributed by atoms with Crippen LogP contribution in [0.15, 0.2) is 42.5 Å². The molecular weight excluding hydrogens is 395 g/mol. The lowest BCUT2D eigenvalue weighted by atomic mass is 9.98. The van der Waals surface area contributed by atoms with Gasteiger partial charge in [0.15, 0.2) is 11.5 Å². The van der Waals surface area contributed by atoms with Gasteiger partial charge in [0.2, 0.25) is 0 Å². The molecule has 0 atom stereocenters. The maximum atomic E-state index is 13.5. The quantitative estimate of drug-likeness (QED) is 0.531. The van der Waals surface area contributed by atoms with Crippen LogP contribution in [0, 0.1) is 12.7 Å². The number of primary amides is 1. The standard InChI is InChI=1S/C25H29FN2O3/c1-5-6-20-24(18-8-10-19(26)11-9-18)23(25(27)29)16(2)28(20)14-13-17-7-12-21(30-3)22(15-17)31-4/h7-12,15H,5-6,13-14H2,1-4H3,(H2,27,29). The second-order valence-corrected chi connectivity index (χ2v) is 7.49. The van der Waals surface area contributed by atoms with E-state index in [1.165, 1.54) is 12.1 Å². The van der Waals surface area contributed by atoms with Gasteiger partial charge in [0.25, 0.3) is 5.91 Å². The molecule has 0 fully saturated rings. The van der Waals surface area contributed by atoms with Gasteiger partial charge < -0.3 is 19.8 Å². The Balaban J connectivity index is 2.04. The van der Waals surface area contributed by atoms with Crippen LogP contribution in [0.1, 0.15) is 40.7 Å². The van der Waals surface area contributed by atoms with E-state index >= 15 is 0 Å². The summed E-state index contributed by atoms with van der Waals surface area (Å²) in [5.41, 5.74) is 10.9. The molecule has 6 heteroatoms. The third-order valence-corrected chi connectivity index (χ3v) is 5.57. The fourth-order valence-corrected chi connectivity index (χ4v) is 4.10. The van der Waals surface area contributed by atoms with Crippen molar-refractivity contribution < 1.29 is 18.7 Å². The number of halogens is 1. The lowest BCUT2D eigenvalue weighted by Gasteiger charge is -2.14. The fourth-order valence-electron chi connectivity index (χ4n) is 4.10. The van der Waals surface area contributed by atoms with Crippen LogP contribution in [0.2, 0.25) is 0 Å². The van der Waals surface area contributed by atoms with Crippen molar-refractivity contribution in [2.45, 2.75) is 39.7 Å². The Hall–Kier alpha value is -3.28. The van der Waals surface area contributed by atoms with Gasteiger partial charge in [-0.1, -0.05) is 31.5 Å². The van der Waals surface area contributed by atoms with E-state index in [4.69, 9.17) is 15.2 Å². The number of benzene rings is 2. The van der Waals surface area contributed by atoms with Crippen LogP contribution in [0.5, 0.6) is 11.5 Å². The van der Waals surface area contributed by atoms with Crippen molar-refractivity contribution in [3.05, 3.63) is 70.8 Å². The molecule has 31 heavy (non-hydrogen) atoms. The summed E-state index contributed by atoms with van der Waals surface area (Å²) >= 11 is 0. The van der Waals surface area contributed by atoms with Crippen LogP contribution in [0.25, 0.3) is 11.1 Å². The van der Waals surface area contributed by atoms with Gasteiger partial charge in [-0.15, -0.1) is 0 Å². The number of carbonyl (C=O) groups excluding carboxylic acids is 1. The maximum Gasteiger partial charge on any atom is 0.251 e. The van der Waals surface area contributed by atoms with E-state index in [-0.39, 0.29) is 5.82 Å². The molecule has 0 aliphatic carbocycles. The number of nitrogens with zero attached hydrogens (tertiary/aromatic N) is 1. The minimum Gasteiger partial charge on any atom is -0.493 e. The third kappa shape index (κ3) is 4.58. The summed E-state index contributed by atoms with van der Waals surface area (Å²) in [4.78, 5) is 12.4. The van der Waals surface area contributed by atoms with Gasteiger partial charge in [0.1, 0.15) is 5.82 Å². The molecule has 164 valence electrons. The molecule has 0 bridgehead atoms. The number of carbonyl (C=O) groups is 1. The van der Waals surface area contributed by atoms with Crippen LogP contribution in [-0.4, -0.2) is 24.7 Å². The van der Waals surface area contributed by atoms with Gasteiger partial charge in [-0.2, -0.15) is 0 Å². The van der Waals surface area contributed by atoms with E-state index in [0.717, 1.165) is 47.3 Å². The molecule has 3 rings (SSSR count). The number of aromatic nitrogens is 1. The largest absolute Gasteiger partial charge is 0.493 e. The molecule has 1 aromatic heterocycles. The summed E-state index contributed by atoms with van der Waals surface area (Å²) in [6.07, 6.45) is 2.44. The number of ether oxygens (including phenoxy) is 2. The third-order valence-electron chi connectivity index (χ3n) is 5.57. The first kappa shape index (κ1) is 22.4. The molecule has 1 heterocycles. The topological polar surface area (TPSA) is 66.5 Å². The Bertz CT molecular complexity index is 1070. The number of hydrogen-bond donors (Lipinski definition) is 1. The van der Waals surface area contributed by atoms with Gasteiger partial charge in [-0.25, -0.2) is 4.39 Å². The summed E-state index contributed by atoms with van der Waals surface area (Å²) < 4.78 is 26.4. The minimum atomic E-state index is -0.473. The van der Waals surface area contributed by atoms with Gasteiger partial charge in [-0.3, -0.25) is 4.79 Å². The second-order valence-electron chi connectivity index (χ2n) is 7.49. The first-order chi connectivity index (χ1) is 14.9. The van der Waals surface area contributed by atoms with E-state index in [9.17, 15) is 9.18 Å². The summed E-state index contributed by atoms with van der Waals surface area (Å²) in [5.74, 6) is 0.581. The molecule has 1 amide bonds. The van der Waals surface area contributed by atoms with E-state index in [1.807, 2.05) is 25.1 Å². The highest BCUT2D eigenvalue weighted by Crippen LogP contribution is 2.34. The first-order valence-corrected chi connectivity index (χ1v) is 10.4. The van der Waals surface area contributed by atoms with Crippen molar-refractivity contribution in [3.63, 3.8) is 0 Å². The zero-order chi connectivity index (χ0) is 22.5. The number of rotatable bonds is 9. The molecular formula is C25H29FN2O3. The minimum absolute atomic E-state index is 0.314. The van der Waals surface area contributed by atoms with Crippen LogP contribution < -0.4 is 15.2 Å².